The van der Waals surface area contributed by atoms with Crippen LogP contribution in [0.4, 0.5) is 0 Å². The normalized spacial score (nSPS) is 11.4. The second-order valence-corrected chi connectivity index (χ2v) is 5.54. The largest absolute Gasteiger partial charge is 0.483 e. The van der Waals surface area contributed by atoms with Gasteiger partial charge in [0.1, 0.15) is 6.61 Å². The Morgan fingerprint density at radius 1 is 1.42 bits per heavy atom. The molecule has 1 aromatic rings. The molecule has 0 saturated carbocycles. The van der Waals surface area contributed by atoms with E-state index in [1.165, 1.54) is 6.07 Å². The van der Waals surface area contributed by atoms with E-state index in [4.69, 9.17) is 14.6 Å². The van der Waals surface area contributed by atoms with Crippen molar-refractivity contribution < 1.29 is 23.8 Å². The van der Waals surface area contributed by atoms with Crippen molar-refractivity contribution in [2.75, 3.05) is 13.2 Å². The SMILES string of the molecule is CC(C)(C)OCCOc1c(Br)cc(C(=O)O)oc1=O. The number of hydrogen-bond acceptors (Lipinski definition) is 5. The van der Waals surface area contributed by atoms with Gasteiger partial charge in [0.25, 0.3) is 0 Å². The maximum absolute atomic E-state index is 11.5. The van der Waals surface area contributed by atoms with Crippen molar-refractivity contribution in [3.8, 4) is 5.75 Å². The van der Waals surface area contributed by atoms with Gasteiger partial charge in [0.2, 0.25) is 11.5 Å². The number of carboxylic acid groups (broad SMARTS) is 1. The highest BCUT2D eigenvalue weighted by molar-refractivity contribution is 9.10. The first-order valence-corrected chi connectivity index (χ1v) is 6.34. The lowest BCUT2D eigenvalue weighted by Gasteiger charge is -2.19. The zero-order valence-corrected chi connectivity index (χ0v) is 12.4. The van der Waals surface area contributed by atoms with Gasteiger partial charge < -0.3 is 19.0 Å². The van der Waals surface area contributed by atoms with Gasteiger partial charge in [-0.1, -0.05) is 0 Å². The number of carbonyl (C=O) groups is 1. The topological polar surface area (TPSA) is 86.0 Å². The first kappa shape index (κ1) is 15.7. The molecule has 1 rings (SSSR count). The lowest BCUT2D eigenvalue weighted by atomic mass is 10.2. The van der Waals surface area contributed by atoms with E-state index in [0.29, 0.717) is 6.61 Å². The van der Waals surface area contributed by atoms with Crippen LogP contribution in [0.15, 0.2) is 19.8 Å². The van der Waals surface area contributed by atoms with Gasteiger partial charge in [0.05, 0.1) is 16.7 Å². The predicted octanol–water partition coefficient (Wildman–Crippen LogP) is 2.29. The number of hydrogen-bond donors (Lipinski definition) is 1. The van der Waals surface area contributed by atoms with Crippen molar-refractivity contribution >= 4 is 21.9 Å². The predicted molar refractivity (Wildman–Crippen MR) is 70.8 cm³/mol. The quantitative estimate of drug-likeness (QED) is 0.831. The molecule has 7 heteroatoms. The Bertz CT molecular complexity index is 514. The first-order valence-electron chi connectivity index (χ1n) is 5.54. The number of aromatic carboxylic acids is 1. The van der Waals surface area contributed by atoms with Gasteiger partial charge in [-0.05, 0) is 36.7 Å². The van der Waals surface area contributed by atoms with E-state index in [0.717, 1.165) is 0 Å². The zero-order chi connectivity index (χ0) is 14.6. The molecule has 6 nitrogen and oxygen atoms in total. The Kier molecular flexibility index (Phi) is 5.13. The van der Waals surface area contributed by atoms with Crippen LogP contribution >= 0.6 is 15.9 Å². The van der Waals surface area contributed by atoms with Gasteiger partial charge in [0.15, 0.2) is 0 Å². The fourth-order valence-electron chi connectivity index (χ4n) is 1.18. The van der Waals surface area contributed by atoms with E-state index in [1.807, 2.05) is 20.8 Å². The summed E-state index contributed by atoms with van der Waals surface area (Å²) in [6.45, 7) is 6.17. The molecule has 0 fully saturated rings. The summed E-state index contributed by atoms with van der Waals surface area (Å²) in [6, 6.07) is 1.17. The number of carboxylic acids is 1. The van der Waals surface area contributed by atoms with Gasteiger partial charge in [-0.2, -0.15) is 0 Å². The molecule has 1 heterocycles. The Balaban J connectivity index is 2.70. The summed E-state index contributed by atoms with van der Waals surface area (Å²) in [4.78, 5) is 22.2. The monoisotopic (exact) mass is 334 g/mol. The molecule has 0 saturated heterocycles. The molecule has 0 aliphatic carbocycles. The van der Waals surface area contributed by atoms with Crippen molar-refractivity contribution in [3.05, 3.63) is 26.7 Å². The van der Waals surface area contributed by atoms with Crippen LogP contribution in [0.2, 0.25) is 0 Å². The van der Waals surface area contributed by atoms with Crippen LogP contribution in [0.3, 0.4) is 0 Å². The Hall–Kier alpha value is -1.34. The van der Waals surface area contributed by atoms with Crippen LogP contribution in [-0.2, 0) is 4.74 Å². The number of ether oxygens (including phenoxy) is 2. The molecule has 0 aromatic carbocycles. The molecular weight excluding hydrogens is 320 g/mol. The van der Waals surface area contributed by atoms with Crippen molar-refractivity contribution in [1.29, 1.82) is 0 Å². The van der Waals surface area contributed by atoms with Gasteiger partial charge >= 0.3 is 11.6 Å². The standard InChI is InChI=1S/C12H15BrO6/c1-12(2,3)18-5-4-17-9-7(13)6-8(10(14)15)19-11(9)16/h6H,4-5H2,1-3H3,(H,14,15). The van der Waals surface area contributed by atoms with Crippen LogP contribution < -0.4 is 10.4 Å². The molecular formula is C12H15BrO6. The third-order valence-corrected chi connectivity index (χ3v) is 2.53. The van der Waals surface area contributed by atoms with Crippen molar-refractivity contribution in [2.45, 2.75) is 26.4 Å². The molecule has 0 atom stereocenters. The lowest BCUT2D eigenvalue weighted by molar-refractivity contribution is -0.0168. The Labute approximate surface area is 118 Å². The summed E-state index contributed by atoms with van der Waals surface area (Å²) in [5.41, 5.74) is -1.14. The molecule has 0 aliphatic heterocycles. The summed E-state index contributed by atoms with van der Waals surface area (Å²) in [5, 5.41) is 8.71. The first-order chi connectivity index (χ1) is 8.70. The molecule has 0 spiro atoms. The molecule has 106 valence electrons. The highest BCUT2D eigenvalue weighted by Crippen LogP contribution is 2.22. The van der Waals surface area contributed by atoms with Crippen LogP contribution in [0.1, 0.15) is 31.3 Å². The van der Waals surface area contributed by atoms with E-state index in [9.17, 15) is 9.59 Å². The maximum Gasteiger partial charge on any atom is 0.380 e. The number of rotatable bonds is 5. The highest BCUT2D eigenvalue weighted by atomic mass is 79.9. The summed E-state index contributed by atoms with van der Waals surface area (Å²) >= 11 is 3.07. The third-order valence-electron chi connectivity index (χ3n) is 1.94. The average molecular weight is 335 g/mol. The minimum absolute atomic E-state index is 0.0671. The maximum atomic E-state index is 11.5. The Morgan fingerprint density at radius 3 is 2.53 bits per heavy atom. The molecule has 1 N–H and O–H groups in total. The molecule has 0 radical (unpaired) electrons. The summed E-state index contributed by atoms with van der Waals surface area (Å²) in [5.74, 6) is -1.84. The van der Waals surface area contributed by atoms with E-state index < -0.39 is 17.4 Å². The molecule has 1 aromatic heterocycles. The Morgan fingerprint density at radius 2 is 2.05 bits per heavy atom. The van der Waals surface area contributed by atoms with E-state index in [2.05, 4.69) is 20.3 Å². The smallest absolute Gasteiger partial charge is 0.380 e. The van der Waals surface area contributed by atoms with Crippen molar-refractivity contribution in [1.82, 2.24) is 0 Å². The minimum atomic E-state index is -1.32. The lowest BCUT2D eigenvalue weighted by Crippen LogP contribution is -2.23. The fraction of sp³-hybridized carbons (Fsp3) is 0.500. The molecule has 0 aliphatic rings. The van der Waals surface area contributed by atoms with Crippen molar-refractivity contribution in [3.63, 3.8) is 0 Å². The average Bonchev–Trinajstić information content (AvgIpc) is 2.25. The van der Waals surface area contributed by atoms with Crippen molar-refractivity contribution in [2.24, 2.45) is 0 Å². The molecule has 19 heavy (non-hydrogen) atoms. The number of halogens is 1. The summed E-state index contributed by atoms with van der Waals surface area (Å²) < 4.78 is 15.5. The molecule has 0 bridgehead atoms. The fourth-order valence-corrected chi connectivity index (χ4v) is 1.66. The van der Waals surface area contributed by atoms with Crippen LogP contribution in [-0.4, -0.2) is 29.9 Å². The van der Waals surface area contributed by atoms with Gasteiger partial charge in [-0.15, -0.1) is 0 Å². The van der Waals surface area contributed by atoms with E-state index >= 15 is 0 Å². The van der Waals surface area contributed by atoms with E-state index in [1.54, 1.807) is 0 Å². The third kappa shape index (κ3) is 5.04. The van der Waals surface area contributed by atoms with Gasteiger partial charge in [-0.25, -0.2) is 9.59 Å². The highest BCUT2D eigenvalue weighted by Gasteiger charge is 2.16. The van der Waals surface area contributed by atoms with Gasteiger partial charge in [-0.3, -0.25) is 0 Å². The summed E-state index contributed by atoms with van der Waals surface area (Å²) in [6.07, 6.45) is 0. The minimum Gasteiger partial charge on any atom is -0.483 e. The zero-order valence-electron chi connectivity index (χ0n) is 10.9. The second-order valence-electron chi connectivity index (χ2n) is 4.69. The van der Waals surface area contributed by atoms with Crippen LogP contribution in [0.25, 0.3) is 0 Å². The molecule has 0 unspecified atom stereocenters. The van der Waals surface area contributed by atoms with Crippen LogP contribution in [0, 0.1) is 0 Å². The van der Waals surface area contributed by atoms with Gasteiger partial charge in [0, 0.05) is 6.07 Å². The van der Waals surface area contributed by atoms with E-state index in [-0.39, 0.29) is 22.4 Å². The summed E-state index contributed by atoms with van der Waals surface area (Å²) in [7, 11) is 0. The molecule has 0 amide bonds. The van der Waals surface area contributed by atoms with Crippen LogP contribution in [0.5, 0.6) is 5.75 Å². The second kappa shape index (κ2) is 6.21.